The first-order valence-corrected chi connectivity index (χ1v) is 21.8. The van der Waals surface area contributed by atoms with Crippen LogP contribution in [0.3, 0.4) is 0 Å². The number of aliphatic hydroxyl groups excluding tert-OH is 2. The molecular weight excluding hydrogens is 871 g/mol. The number of guanidine groups is 1. The number of aliphatic hydroxyl groups is 2. The van der Waals surface area contributed by atoms with Crippen LogP contribution in [0.4, 0.5) is 19.2 Å². The summed E-state index contributed by atoms with van der Waals surface area (Å²) in [4.78, 5) is 65.7. The van der Waals surface area contributed by atoms with Crippen LogP contribution >= 0.6 is 0 Å². The molecule has 26 nitrogen and oxygen atoms in total. The molecule has 0 bridgehead atoms. The van der Waals surface area contributed by atoms with Gasteiger partial charge in [-0.15, -0.1) is 0 Å². The molecule has 4 saturated heterocycles. The molecule has 5 rings (SSSR count). The largest absolute Gasteiger partial charge is 0.462 e. The Morgan fingerprint density at radius 2 is 1.56 bits per heavy atom. The van der Waals surface area contributed by atoms with Gasteiger partial charge in [-0.05, 0) is 69.6 Å². The number of ether oxygens (including phenoxy) is 6. The highest BCUT2D eigenvalue weighted by Gasteiger charge is 2.51. The van der Waals surface area contributed by atoms with E-state index in [-0.39, 0.29) is 19.1 Å². The number of carbonyl (C=O) groups is 5. The van der Waals surface area contributed by atoms with E-state index in [2.05, 4.69) is 61.4 Å². The first-order chi connectivity index (χ1) is 31.5. The van der Waals surface area contributed by atoms with Crippen molar-refractivity contribution in [1.29, 1.82) is 0 Å². The molecule has 1 aromatic carbocycles. The van der Waals surface area contributed by atoms with E-state index in [4.69, 9.17) is 51.4 Å². The Hall–Kier alpha value is -5.74. The Balaban J connectivity index is 1.11. The van der Waals surface area contributed by atoms with Crippen LogP contribution in [-0.4, -0.2) is 171 Å². The van der Waals surface area contributed by atoms with Gasteiger partial charge in [0.2, 0.25) is 12.2 Å². The van der Waals surface area contributed by atoms with Crippen molar-refractivity contribution in [3.05, 3.63) is 35.9 Å². The fourth-order valence-corrected chi connectivity index (χ4v) is 7.70. The number of hydrogen-bond acceptors (Lipinski definition) is 16. The van der Waals surface area contributed by atoms with Gasteiger partial charge >= 0.3 is 24.2 Å². The summed E-state index contributed by atoms with van der Waals surface area (Å²) in [5.74, 6) is -0.299. The van der Waals surface area contributed by atoms with E-state index in [0.717, 1.165) is 38.9 Å². The van der Waals surface area contributed by atoms with Crippen molar-refractivity contribution < 1.29 is 62.6 Å². The number of aliphatic imine (C=N–C) groups is 1. The Morgan fingerprint density at radius 1 is 0.864 bits per heavy atom. The maximum atomic E-state index is 13.5. The number of rotatable bonds is 21. The molecule has 0 spiro atoms. The predicted molar refractivity (Wildman–Crippen MR) is 235 cm³/mol. The van der Waals surface area contributed by atoms with Gasteiger partial charge in [0.15, 0.2) is 18.5 Å². The highest BCUT2D eigenvalue weighted by atomic mass is 16.7. The third kappa shape index (κ3) is 15.2. The molecule has 0 aliphatic carbocycles. The smallest absolute Gasteiger partial charge is 0.407 e. The number of carbonyl (C=O) groups excluding carboxylic acids is 5. The first-order valence-electron chi connectivity index (χ1n) is 21.8. The second-order valence-corrected chi connectivity index (χ2v) is 16.4. The number of nitrogens with two attached hydrogens (primary N) is 4. The summed E-state index contributed by atoms with van der Waals surface area (Å²) in [5.41, 5.74) is 22.9. The van der Waals surface area contributed by atoms with Crippen molar-refractivity contribution in [2.45, 2.75) is 126 Å². The number of nitrogens with one attached hydrogen (secondary N) is 8. The quantitative estimate of drug-likeness (QED) is 0.0245. The third-order valence-electron chi connectivity index (χ3n) is 10.9. The number of urea groups is 3. The Bertz CT molecular complexity index is 1840. The molecule has 18 N–H and O–H groups in total. The highest BCUT2D eigenvalue weighted by Crippen LogP contribution is 2.29. The number of nitrogens with zero attached hydrogens (tertiary/aromatic N) is 1. The fraction of sp³-hybridized carbons (Fsp3) is 0.650. The monoisotopic (exact) mass is 935 g/mol. The van der Waals surface area contributed by atoms with Crippen molar-refractivity contribution >= 4 is 42.1 Å². The van der Waals surface area contributed by atoms with Gasteiger partial charge in [0, 0.05) is 18.7 Å². The Morgan fingerprint density at radius 3 is 2.26 bits per heavy atom. The summed E-state index contributed by atoms with van der Waals surface area (Å²) in [6.07, 6.45) is -4.59. The molecule has 4 aliphatic rings. The van der Waals surface area contributed by atoms with Gasteiger partial charge in [-0.3, -0.25) is 4.79 Å². The van der Waals surface area contributed by atoms with Gasteiger partial charge in [0.1, 0.15) is 48.3 Å². The molecule has 0 aromatic heterocycles. The molecular formula is C40H65N13O13. The van der Waals surface area contributed by atoms with Gasteiger partial charge in [-0.1, -0.05) is 26.0 Å². The molecule has 66 heavy (non-hydrogen) atoms. The number of unbranched alkanes of at least 4 members (excludes halogenated alkanes) is 1. The molecule has 8 amide bonds. The second-order valence-electron chi connectivity index (χ2n) is 16.4. The molecule has 368 valence electrons. The van der Waals surface area contributed by atoms with Crippen LogP contribution in [0.5, 0.6) is 5.75 Å². The predicted octanol–water partition coefficient (Wildman–Crippen LogP) is -3.62. The van der Waals surface area contributed by atoms with Crippen molar-refractivity contribution in [2.75, 3.05) is 39.4 Å². The minimum atomic E-state index is -1.60. The lowest BCUT2D eigenvalue weighted by atomic mass is 9.95. The zero-order chi connectivity index (χ0) is 47.9. The second kappa shape index (κ2) is 24.7. The lowest BCUT2D eigenvalue weighted by Crippen LogP contribution is -2.70. The maximum absolute atomic E-state index is 13.5. The van der Waals surface area contributed by atoms with Crippen molar-refractivity contribution in [2.24, 2.45) is 27.9 Å². The molecule has 1 aromatic rings. The summed E-state index contributed by atoms with van der Waals surface area (Å²) in [6.45, 7) is 8.58. The number of benzene rings is 1. The van der Waals surface area contributed by atoms with Crippen LogP contribution in [0.15, 0.2) is 35.3 Å². The van der Waals surface area contributed by atoms with Crippen LogP contribution < -0.4 is 70.2 Å². The Kier molecular flexibility index (Phi) is 19.2. The minimum absolute atomic E-state index is 0.127. The molecule has 0 radical (unpaired) electrons. The van der Waals surface area contributed by atoms with Gasteiger partial charge < -0.3 is 104 Å². The third-order valence-corrected chi connectivity index (χ3v) is 10.9. The molecule has 4 fully saturated rings. The molecule has 4 aliphatic heterocycles. The van der Waals surface area contributed by atoms with E-state index in [9.17, 15) is 34.2 Å². The number of primary amides is 2. The van der Waals surface area contributed by atoms with E-state index in [1.54, 1.807) is 37.3 Å². The maximum Gasteiger partial charge on any atom is 0.407 e. The average molecular weight is 936 g/mol. The standard InChI is InChI=1S/C40H65N13O13/c1-19(2)46-15-5-4-13-45-14-6-16-47-25(54)12-9-21-7-10-22(11-8-21)64-35-30(48-36(41)42)32(56)26(20(3)63-35)51-39(59)53-33-29(50-38(44)58)31(55)24(18-61-33)65-34-28(49-37(43)57)27-23(17-62-34)66-40(60)52-27/h7-12,19-20,23-24,26-35,45-46,55-56H,4-6,13-18H2,1-3H3,(H,47,54)(H,52,60)(H4,41,42,48)(H3,43,49,57)(H3,44,50,58)(H2,51,53,59). The molecule has 4 heterocycles. The van der Waals surface area contributed by atoms with E-state index < -0.39 is 110 Å². The van der Waals surface area contributed by atoms with Crippen LogP contribution in [0.2, 0.25) is 0 Å². The van der Waals surface area contributed by atoms with Crippen molar-refractivity contribution in [3.63, 3.8) is 0 Å². The number of amides is 8. The normalized spacial score (nSPS) is 30.6. The summed E-state index contributed by atoms with van der Waals surface area (Å²) < 4.78 is 34.7. The minimum Gasteiger partial charge on any atom is -0.462 e. The molecule has 13 atom stereocenters. The van der Waals surface area contributed by atoms with Crippen LogP contribution in [-0.2, 0) is 28.5 Å². The van der Waals surface area contributed by atoms with Crippen molar-refractivity contribution in [1.82, 2.24) is 42.5 Å². The van der Waals surface area contributed by atoms with Gasteiger partial charge in [-0.2, -0.15) is 0 Å². The SMILES string of the molecule is CC(C)NCCCCNCCCNC(=O)C=Cc1ccc(OC2OC(C)C(NC(=O)NC3OCC(OC4OCC5OC(=O)NC5C4NC(N)=O)C(O)C3NC(N)=O)C(O)C2N=C(N)N)cc1. The Labute approximate surface area is 381 Å². The number of hydrogen-bond donors (Lipinski definition) is 14. The number of fused-ring (bicyclic) bond motifs is 1. The van der Waals surface area contributed by atoms with E-state index in [0.29, 0.717) is 23.9 Å². The van der Waals surface area contributed by atoms with E-state index >= 15 is 0 Å². The topological polar surface area (TPSA) is 394 Å². The van der Waals surface area contributed by atoms with Crippen LogP contribution in [0, 0.1) is 0 Å². The molecule has 0 saturated carbocycles. The van der Waals surface area contributed by atoms with E-state index in [1.165, 1.54) is 6.08 Å². The van der Waals surface area contributed by atoms with Crippen molar-refractivity contribution in [3.8, 4) is 5.75 Å². The van der Waals surface area contributed by atoms with Gasteiger partial charge in [0.25, 0.3) is 0 Å². The average Bonchev–Trinajstić information content (AvgIpc) is 3.64. The van der Waals surface area contributed by atoms with Gasteiger partial charge in [-0.25, -0.2) is 24.2 Å². The summed E-state index contributed by atoms with van der Waals surface area (Å²) in [5, 5.41) is 45.0. The molecule has 26 heteroatoms. The lowest BCUT2D eigenvalue weighted by molar-refractivity contribution is -0.260. The summed E-state index contributed by atoms with van der Waals surface area (Å²) in [6, 6.07) is -1.43. The first kappa shape index (κ1) is 51.2. The number of alkyl carbamates (subject to hydrolysis) is 1. The lowest BCUT2D eigenvalue weighted by Gasteiger charge is -2.44. The molecule has 13 unspecified atom stereocenters. The van der Waals surface area contributed by atoms with Crippen LogP contribution in [0.1, 0.15) is 45.6 Å². The van der Waals surface area contributed by atoms with Crippen LogP contribution in [0.25, 0.3) is 6.08 Å². The summed E-state index contributed by atoms with van der Waals surface area (Å²) >= 11 is 0. The van der Waals surface area contributed by atoms with Gasteiger partial charge in [0.05, 0.1) is 31.4 Å². The highest BCUT2D eigenvalue weighted by molar-refractivity contribution is 5.91. The zero-order valence-corrected chi connectivity index (χ0v) is 37.1. The fourth-order valence-electron chi connectivity index (χ4n) is 7.70. The van der Waals surface area contributed by atoms with E-state index in [1.807, 2.05) is 0 Å². The zero-order valence-electron chi connectivity index (χ0n) is 37.1. The summed E-state index contributed by atoms with van der Waals surface area (Å²) in [7, 11) is 0.